The molecule has 8 atom stereocenters. The minimum Gasteiger partial charge on any atom is -0.373 e. The molecule has 184 valence electrons. The van der Waals surface area contributed by atoms with E-state index in [-0.39, 0.29) is 32.7 Å². The molecule has 1 heterocycles. The molecule has 3 heteroatoms. The van der Waals surface area contributed by atoms with Gasteiger partial charge in [-0.2, -0.15) is 0 Å². The fourth-order valence-corrected chi connectivity index (χ4v) is 11.6. The standard InChI is InChI=1S/C30H46O3/c1-24(2)14-15-29-18-33-30(21(29)16-24)13-9-20-26(5)11-10-22(31)25(3,4)19(26)8-12-27(20,6)28(30,7)17-23(29)32/h19-21H,8-18H2,1-7H3/t19-,20+,21+,26-,27+,28-,29+,30-/m0/s1. The van der Waals surface area contributed by atoms with E-state index in [4.69, 9.17) is 4.74 Å². The maximum Gasteiger partial charge on any atom is 0.142 e. The molecule has 0 aromatic rings. The fraction of sp³-hybridized carbons (Fsp3) is 0.933. The van der Waals surface area contributed by atoms with Crippen LogP contribution in [0.2, 0.25) is 0 Å². The summed E-state index contributed by atoms with van der Waals surface area (Å²) < 4.78 is 7.04. The first kappa shape index (κ1) is 22.7. The zero-order valence-corrected chi connectivity index (χ0v) is 22.2. The van der Waals surface area contributed by atoms with Crippen LogP contribution in [-0.4, -0.2) is 23.8 Å². The highest BCUT2D eigenvalue weighted by Gasteiger charge is 2.80. The number of ketones is 2. The molecule has 0 aromatic heterocycles. The number of carbonyl (C=O) groups excluding carboxylic acids is 2. The summed E-state index contributed by atoms with van der Waals surface area (Å²) in [7, 11) is 0. The monoisotopic (exact) mass is 454 g/mol. The summed E-state index contributed by atoms with van der Waals surface area (Å²) in [4.78, 5) is 27.0. The molecule has 0 N–H and O–H groups in total. The van der Waals surface area contributed by atoms with E-state index in [1.807, 2.05) is 0 Å². The Labute approximate surface area is 201 Å². The van der Waals surface area contributed by atoms with Crippen molar-refractivity contribution >= 4 is 11.6 Å². The van der Waals surface area contributed by atoms with Crippen molar-refractivity contribution in [2.75, 3.05) is 6.61 Å². The topological polar surface area (TPSA) is 43.4 Å². The normalized spacial score (nSPS) is 56.4. The number of hydrogen-bond acceptors (Lipinski definition) is 3. The van der Waals surface area contributed by atoms with E-state index in [0.29, 0.717) is 47.8 Å². The Bertz CT molecular complexity index is 933. The minimum atomic E-state index is -0.223. The van der Waals surface area contributed by atoms with Gasteiger partial charge in [0.1, 0.15) is 11.6 Å². The number of hydrogen-bond donors (Lipinski definition) is 0. The van der Waals surface area contributed by atoms with Crippen molar-refractivity contribution in [3.63, 3.8) is 0 Å². The van der Waals surface area contributed by atoms with E-state index in [1.165, 1.54) is 6.42 Å². The lowest BCUT2D eigenvalue weighted by molar-refractivity contribution is -0.274. The molecule has 5 aliphatic carbocycles. The molecule has 0 unspecified atom stereocenters. The molecular weight excluding hydrogens is 408 g/mol. The molecule has 0 radical (unpaired) electrons. The van der Waals surface area contributed by atoms with Gasteiger partial charge < -0.3 is 4.74 Å². The second-order valence-corrected chi connectivity index (χ2v) is 15.4. The van der Waals surface area contributed by atoms with Gasteiger partial charge in [-0.15, -0.1) is 0 Å². The predicted octanol–water partition coefficient (Wildman–Crippen LogP) is 6.77. The first-order chi connectivity index (χ1) is 15.2. The third-order valence-corrected chi connectivity index (χ3v) is 13.7. The van der Waals surface area contributed by atoms with Gasteiger partial charge in [0.05, 0.1) is 17.6 Å². The molecule has 33 heavy (non-hydrogen) atoms. The van der Waals surface area contributed by atoms with Gasteiger partial charge in [-0.3, -0.25) is 9.59 Å². The lowest BCUT2D eigenvalue weighted by Crippen LogP contribution is -2.73. The van der Waals surface area contributed by atoms with Crippen molar-refractivity contribution in [2.24, 2.45) is 50.2 Å². The number of rotatable bonds is 0. The van der Waals surface area contributed by atoms with E-state index >= 15 is 0 Å². The summed E-state index contributed by atoms with van der Waals surface area (Å²) in [5, 5.41) is 0. The van der Waals surface area contributed by atoms with Crippen LogP contribution in [0, 0.1) is 50.2 Å². The number of ether oxygens (including phenoxy) is 1. The van der Waals surface area contributed by atoms with Crippen molar-refractivity contribution in [3.05, 3.63) is 0 Å². The van der Waals surface area contributed by atoms with Crippen molar-refractivity contribution in [3.8, 4) is 0 Å². The Morgan fingerprint density at radius 2 is 1.45 bits per heavy atom. The molecule has 1 spiro atoms. The average Bonchev–Trinajstić information content (AvgIpc) is 2.99. The van der Waals surface area contributed by atoms with Crippen LogP contribution in [0.1, 0.15) is 113 Å². The van der Waals surface area contributed by atoms with Crippen molar-refractivity contribution in [2.45, 2.75) is 118 Å². The SMILES string of the molecule is CC1(C)CC[C@]23CO[C@@]4(CC[C@@H]5[C@@]6(C)CCC(=O)C(C)(C)[C@@H]6CC[C@@]5(C)[C@]4(C)CC2=O)[C@@H]3C1. The Kier molecular flexibility index (Phi) is 4.25. The lowest BCUT2D eigenvalue weighted by atomic mass is 9.30. The summed E-state index contributed by atoms with van der Waals surface area (Å²) in [6.45, 7) is 17.5. The molecule has 6 rings (SSSR count). The van der Waals surface area contributed by atoms with Crippen LogP contribution in [0.25, 0.3) is 0 Å². The van der Waals surface area contributed by atoms with Crippen LogP contribution in [-0.2, 0) is 14.3 Å². The van der Waals surface area contributed by atoms with E-state index in [2.05, 4.69) is 48.5 Å². The van der Waals surface area contributed by atoms with Crippen LogP contribution >= 0.6 is 0 Å². The van der Waals surface area contributed by atoms with Gasteiger partial charge >= 0.3 is 0 Å². The molecular formula is C30H46O3. The second kappa shape index (κ2) is 6.16. The minimum absolute atomic E-state index is 0.0840. The zero-order valence-electron chi connectivity index (χ0n) is 22.2. The van der Waals surface area contributed by atoms with Crippen molar-refractivity contribution in [1.82, 2.24) is 0 Å². The first-order valence-electron chi connectivity index (χ1n) is 13.9. The van der Waals surface area contributed by atoms with E-state index in [1.54, 1.807) is 0 Å². The van der Waals surface area contributed by atoms with Crippen LogP contribution in [0.3, 0.4) is 0 Å². The highest BCUT2D eigenvalue weighted by atomic mass is 16.5. The van der Waals surface area contributed by atoms with Crippen LogP contribution in [0.15, 0.2) is 0 Å². The highest BCUT2D eigenvalue weighted by Crippen LogP contribution is 2.79. The summed E-state index contributed by atoms with van der Waals surface area (Å²) in [5.41, 5.74) is -0.136. The van der Waals surface area contributed by atoms with Gasteiger partial charge in [0, 0.05) is 29.6 Å². The molecule has 1 aliphatic heterocycles. The van der Waals surface area contributed by atoms with Crippen molar-refractivity contribution < 1.29 is 14.3 Å². The molecule has 0 amide bonds. The smallest absolute Gasteiger partial charge is 0.142 e. The first-order valence-corrected chi connectivity index (χ1v) is 13.9. The van der Waals surface area contributed by atoms with E-state index in [9.17, 15) is 9.59 Å². The van der Waals surface area contributed by atoms with Gasteiger partial charge in [0.2, 0.25) is 0 Å². The Morgan fingerprint density at radius 3 is 2.18 bits per heavy atom. The lowest BCUT2D eigenvalue weighted by Gasteiger charge is -2.73. The molecule has 6 aliphatic rings. The quantitative estimate of drug-likeness (QED) is 0.406. The van der Waals surface area contributed by atoms with Gasteiger partial charge in [-0.1, -0.05) is 48.5 Å². The van der Waals surface area contributed by atoms with E-state index < -0.39 is 0 Å². The fourth-order valence-electron chi connectivity index (χ4n) is 11.6. The van der Waals surface area contributed by atoms with E-state index in [0.717, 1.165) is 51.4 Å². The Morgan fingerprint density at radius 1 is 0.758 bits per heavy atom. The van der Waals surface area contributed by atoms with Gasteiger partial charge in [-0.05, 0) is 79.4 Å². The highest BCUT2D eigenvalue weighted by molar-refractivity contribution is 5.89. The number of fused-ring (bicyclic) bond motifs is 4. The van der Waals surface area contributed by atoms with Crippen molar-refractivity contribution in [1.29, 1.82) is 0 Å². The van der Waals surface area contributed by atoms with Crippen LogP contribution < -0.4 is 0 Å². The van der Waals surface area contributed by atoms with Crippen LogP contribution in [0.5, 0.6) is 0 Å². The largest absolute Gasteiger partial charge is 0.373 e. The summed E-state index contributed by atoms with van der Waals surface area (Å²) in [6, 6.07) is 0. The molecule has 2 bridgehead atoms. The average molecular weight is 455 g/mol. The molecule has 1 saturated heterocycles. The second-order valence-electron chi connectivity index (χ2n) is 15.4. The Hall–Kier alpha value is -0.700. The molecule has 0 aromatic carbocycles. The Balaban J connectivity index is 1.47. The predicted molar refractivity (Wildman–Crippen MR) is 130 cm³/mol. The van der Waals surface area contributed by atoms with Gasteiger partial charge in [-0.25, -0.2) is 0 Å². The van der Waals surface area contributed by atoms with Gasteiger partial charge in [0.15, 0.2) is 0 Å². The third kappa shape index (κ3) is 2.33. The van der Waals surface area contributed by atoms with Crippen LogP contribution in [0.4, 0.5) is 0 Å². The molecule has 3 nitrogen and oxygen atoms in total. The summed E-state index contributed by atoms with van der Waals surface area (Å²) in [6.07, 6.45) is 10.3. The number of Topliss-reactive ketones (excluding diaryl/α,β-unsaturated/α-hetero) is 2. The number of carbonyl (C=O) groups is 2. The van der Waals surface area contributed by atoms with Gasteiger partial charge in [0.25, 0.3) is 0 Å². The summed E-state index contributed by atoms with van der Waals surface area (Å²) in [5.74, 6) is 2.39. The molecule has 6 fully saturated rings. The zero-order chi connectivity index (χ0) is 23.9. The molecule has 5 saturated carbocycles. The third-order valence-electron chi connectivity index (χ3n) is 13.7. The summed E-state index contributed by atoms with van der Waals surface area (Å²) >= 11 is 0. The maximum atomic E-state index is 14.1. The maximum absolute atomic E-state index is 14.1.